The van der Waals surface area contributed by atoms with E-state index < -0.39 is 32.5 Å². The van der Waals surface area contributed by atoms with Crippen LogP contribution in [0.3, 0.4) is 0 Å². The monoisotopic (exact) mass is 579 g/mol. The van der Waals surface area contributed by atoms with E-state index in [4.69, 9.17) is 18.5 Å². The van der Waals surface area contributed by atoms with Crippen LogP contribution in [0.2, 0.25) is 0 Å². The quantitative estimate of drug-likeness (QED) is 0.0481. The molecule has 0 bridgehead atoms. The lowest BCUT2D eigenvalue weighted by Crippen LogP contribution is -2.37. The van der Waals surface area contributed by atoms with Crippen molar-refractivity contribution in [3.05, 3.63) is 0 Å². The summed E-state index contributed by atoms with van der Waals surface area (Å²) in [5, 5.41) is 0. The third-order valence-corrected chi connectivity index (χ3v) is 7.34. The van der Waals surface area contributed by atoms with Crippen molar-refractivity contribution in [3.63, 3.8) is 0 Å². The second kappa shape index (κ2) is 23.7. The van der Waals surface area contributed by atoms with E-state index in [1.54, 1.807) is 0 Å². The number of carbonyl (C=O) groups is 2. The molecule has 9 nitrogen and oxygen atoms in total. The number of hydrogen-bond donors (Lipinski definition) is 0. The smallest absolute Gasteiger partial charge is 0.306 e. The summed E-state index contributed by atoms with van der Waals surface area (Å²) in [6.45, 7) is 4.10. The zero-order valence-electron chi connectivity index (χ0n) is 25.6. The van der Waals surface area contributed by atoms with Crippen molar-refractivity contribution < 1.29 is 42.1 Å². The first-order chi connectivity index (χ1) is 18.5. The van der Waals surface area contributed by atoms with Gasteiger partial charge < -0.3 is 27.9 Å². The van der Waals surface area contributed by atoms with Crippen LogP contribution in [0.4, 0.5) is 0 Å². The highest BCUT2D eigenvalue weighted by Gasteiger charge is 2.21. The van der Waals surface area contributed by atoms with Gasteiger partial charge in [-0.25, -0.2) is 0 Å². The normalized spacial score (nSPS) is 14.1. The number of hydrogen-bond acceptors (Lipinski definition) is 8. The van der Waals surface area contributed by atoms with Crippen molar-refractivity contribution in [2.24, 2.45) is 0 Å². The predicted octanol–water partition coefficient (Wildman–Crippen LogP) is 6.32. The predicted molar refractivity (Wildman–Crippen MR) is 153 cm³/mol. The average molecular weight is 580 g/mol. The number of phosphoric ester groups is 1. The van der Waals surface area contributed by atoms with Gasteiger partial charge in [0, 0.05) is 12.8 Å². The lowest BCUT2D eigenvalue weighted by Gasteiger charge is -2.28. The lowest BCUT2D eigenvalue weighted by molar-refractivity contribution is -0.870. The van der Waals surface area contributed by atoms with Crippen LogP contribution in [-0.4, -0.2) is 70.0 Å². The summed E-state index contributed by atoms with van der Waals surface area (Å²) in [6.07, 6.45) is 15.9. The van der Waals surface area contributed by atoms with Gasteiger partial charge in [-0.05, 0) is 12.8 Å². The molecule has 232 valence electrons. The minimum Gasteiger partial charge on any atom is -0.756 e. The Morgan fingerprint density at radius 3 is 1.64 bits per heavy atom. The van der Waals surface area contributed by atoms with Crippen molar-refractivity contribution in [1.29, 1.82) is 0 Å². The zero-order chi connectivity index (χ0) is 29.4. The topological polar surface area (TPSA) is 111 Å². The summed E-state index contributed by atoms with van der Waals surface area (Å²) in [7, 11) is 1.17. The summed E-state index contributed by atoms with van der Waals surface area (Å²) >= 11 is 0. The molecule has 0 N–H and O–H groups in total. The van der Waals surface area contributed by atoms with Gasteiger partial charge in [-0.1, -0.05) is 97.3 Å². The Balaban J connectivity index is 4.55. The Morgan fingerprint density at radius 1 is 0.692 bits per heavy atom. The van der Waals surface area contributed by atoms with Crippen LogP contribution in [-0.2, 0) is 32.7 Å². The molecular weight excluding hydrogens is 521 g/mol. The lowest BCUT2D eigenvalue weighted by atomic mass is 10.1. The van der Waals surface area contributed by atoms with Gasteiger partial charge in [0.15, 0.2) is 6.10 Å². The standard InChI is InChI=1S/C29H58NO8P/c1-6-8-10-12-14-16-17-19-21-28(31)35-25-27(26-37-39(33,34)36-24-23-30(3,4)5)38-29(32)22-20-18-15-13-11-9-7-2/h27H,6-26H2,1-5H3. The maximum absolute atomic E-state index is 12.4. The number of likely N-dealkylation sites (N-methyl/N-ethyl adjacent to an activating group) is 1. The third kappa shape index (κ3) is 27.0. The molecule has 0 aromatic carbocycles. The fourth-order valence-electron chi connectivity index (χ4n) is 3.89. The number of unbranched alkanes of at least 4 members (excludes halogenated alkanes) is 13. The average Bonchev–Trinajstić information content (AvgIpc) is 2.85. The largest absolute Gasteiger partial charge is 0.756 e. The van der Waals surface area contributed by atoms with Gasteiger partial charge in [0.1, 0.15) is 19.8 Å². The second-order valence-corrected chi connectivity index (χ2v) is 12.9. The number of phosphoric acid groups is 1. The third-order valence-electron chi connectivity index (χ3n) is 6.38. The number of ether oxygens (including phenoxy) is 2. The summed E-state index contributed by atoms with van der Waals surface area (Å²) < 4.78 is 33.4. The number of nitrogens with zero attached hydrogens (tertiary/aromatic N) is 1. The van der Waals surface area contributed by atoms with Gasteiger partial charge in [-0.15, -0.1) is 0 Å². The van der Waals surface area contributed by atoms with E-state index in [9.17, 15) is 19.0 Å². The molecule has 0 aliphatic heterocycles. The molecule has 39 heavy (non-hydrogen) atoms. The van der Waals surface area contributed by atoms with Crippen LogP contribution in [0, 0.1) is 0 Å². The molecule has 0 aliphatic carbocycles. The van der Waals surface area contributed by atoms with Crippen LogP contribution in [0.1, 0.15) is 123 Å². The van der Waals surface area contributed by atoms with Gasteiger partial charge in [-0.3, -0.25) is 14.2 Å². The van der Waals surface area contributed by atoms with Crippen molar-refractivity contribution in [2.45, 2.75) is 129 Å². The van der Waals surface area contributed by atoms with Crippen molar-refractivity contribution in [1.82, 2.24) is 0 Å². The summed E-state index contributed by atoms with van der Waals surface area (Å²) in [4.78, 5) is 36.8. The fraction of sp³-hybridized carbons (Fsp3) is 0.931. The van der Waals surface area contributed by atoms with Gasteiger partial charge in [0.25, 0.3) is 7.82 Å². The molecule has 0 aromatic rings. The summed E-state index contributed by atoms with van der Waals surface area (Å²) in [5.74, 6) is -0.846. The van der Waals surface area contributed by atoms with Crippen LogP contribution >= 0.6 is 7.82 Å². The van der Waals surface area contributed by atoms with E-state index in [1.807, 2.05) is 21.1 Å². The molecule has 0 fully saturated rings. The molecule has 0 rings (SSSR count). The van der Waals surface area contributed by atoms with E-state index in [1.165, 1.54) is 51.4 Å². The van der Waals surface area contributed by atoms with Gasteiger partial charge in [0.05, 0.1) is 27.7 Å². The number of esters is 2. The first-order valence-corrected chi connectivity index (χ1v) is 16.7. The summed E-state index contributed by atoms with van der Waals surface area (Å²) in [5.41, 5.74) is 0. The molecule has 0 aromatic heterocycles. The van der Waals surface area contributed by atoms with Gasteiger partial charge in [0.2, 0.25) is 0 Å². The molecule has 0 saturated heterocycles. The van der Waals surface area contributed by atoms with Crippen LogP contribution in [0.5, 0.6) is 0 Å². The number of quaternary nitrogens is 1. The Labute approximate surface area is 238 Å². The highest BCUT2D eigenvalue weighted by Crippen LogP contribution is 2.38. The SMILES string of the molecule is CCCCCCCCCCC(=O)OCC(COP(=O)([O-])OCC[N+](C)(C)C)OC(=O)CCCCCCCCC. The molecule has 0 amide bonds. The molecule has 0 aliphatic rings. The number of rotatable bonds is 27. The van der Waals surface area contributed by atoms with Crippen LogP contribution < -0.4 is 4.89 Å². The molecular formula is C29H58NO8P. The minimum absolute atomic E-state index is 0.0272. The Hall–Kier alpha value is -0.990. The summed E-state index contributed by atoms with van der Waals surface area (Å²) in [6, 6.07) is 0. The molecule has 0 spiro atoms. The van der Waals surface area contributed by atoms with E-state index in [-0.39, 0.29) is 26.1 Å². The second-order valence-electron chi connectivity index (χ2n) is 11.5. The van der Waals surface area contributed by atoms with Crippen molar-refractivity contribution >= 4 is 19.8 Å². The molecule has 0 radical (unpaired) electrons. The minimum atomic E-state index is -4.59. The Bertz CT molecular complexity index is 668. The molecule has 0 saturated carbocycles. The molecule has 0 heterocycles. The first kappa shape index (κ1) is 38.0. The Morgan fingerprint density at radius 2 is 1.15 bits per heavy atom. The van der Waals surface area contributed by atoms with E-state index >= 15 is 0 Å². The van der Waals surface area contributed by atoms with E-state index in [0.717, 1.165) is 38.5 Å². The molecule has 2 atom stereocenters. The first-order valence-electron chi connectivity index (χ1n) is 15.2. The van der Waals surface area contributed by atoms with Crippen molar-refractivity contribution in [2.75, 3.05) is 47.5 Å². The van der Waals surface area contributed by atoms with E-state index in [0.29, 0.717) is 17.4 Å². The maximum Gasteiger partial charge on any atom is 0.306 e. The van der Waals surface area contributed by atoms with Crippen LogP contribution in [0.15, 0.2) is 0 Å². The molecule has 2 unspecified atom stereocenters. The Kier molecular flexibility index (Phi) is 23.1. The highest BCUT2D eigenvalue weighted by atomic mass is 31.2. The number of carbonyl (C=O) groups excluding carboxylic acids is 2. The zero-order valence-corrected chi connectivity index (χ0v) is 26.5. The van der Waals surface area contributed by atoms with Gasteiger partial charge in [-0.2, -0.15) is 0 Å². The van der Waals surface area contributed by atoms with Gasteiger partial charge >= 0.3 is 11.9 Å². The molecule has 10 heteroatoms. The maximum atomic E-state index is 12.4. The van der Waals surface area contributed by atoms with E-state index in [2.05, 4.69) is 13.8 Å². The fourth-order valence-corrected chi connectivity index (χ4v) is 4.62. The van der Waals surface area contributed by atoms with Crippen molar-refractivity contribution in [3.8, 4) is 0 Å². The highest BCUT2D eigenvalue weighted by molar-refractivity contribution is 7.45. The van der Waals surface area contributed by atoms with Crippen LogP contribution in [0.25, 0.3) is 0 Å².